The number of nitrogens with zero attached hydrogens (tertiary/aromatic N) is 1. The van der Waals surface area contributed by atoms with Crippen molar-refractivity contribution in [3.63, 3.8) is 0 Å². The van der Waals surface area contributed by atoms with Gasteiger partial charge < -0.3 is 19.4 Å². The molecule has 1 aliphatic heterocycles. The van der Waals surface area contributed by atoms with Gasteiger partial charge in [0.05, 0.1) is 17.2 Å². The van der Waals surface area contributed by atoms with Crippen molar-refractivity contribution in [2.75, 3.05) is 6.54 Å². The molecule has 0 unspecified atom stereocenters. The maximum atomic E-state index is 11.8. The van der Waals surface area contributed by atoms with Crippen LogP contribution in [0.5, 0.6) is 0 Å². The van der Waals surface area contributed by atoms with Crippen molar-refractivity contribution in [3.8, 4) is 6.07 Å². The third-order valence-electron chi connectivity index (χ3n) is 5.44. The molecule has 1 heterocycles. The molecule has 1 saturated carbocycles. The van der Waals surface area contributed by atoms with Gasteiger partial charge in [-0.2, -0.15) is 5.26 Å². The summed E-state index contributed by atoms with van der Waals surface area (Å²) in [5, 5.41) is 12.5. The molecule has 160 valence electrons. The Kier molecular flexibility index (Phi) is 5.93. The number of amides is 1. The highest BCUT2D eigenvalue weighted by Gasteiger charge is 2.47. The fourth-order valence-corrected chi connectivity index (χ4v) is 3.43. The number of carbonyl (C=O) groups is 1. The zero-order chi connectivity index (χ0) is 22.2. The zero-order valence-corrected chi connectivity index (χ0v) is 18.6. The number of hydrogen-bond donors (Lipinski definition) is 1. The molecular formula is C23H31BN2O4. The van der Waals surface area contributed by atoms with Crippen LogP contribution in [0.2, 0.25) is 0 Å². The van der Waals surface area contributed by atoms with E-state index in [1.807, 2.05) is 40.7 Å². The second kappa shape index (κ2) is 8.00. The summed E-state index contributed by atoms with van der Waals surface area (Å²) in [6.07, 6.45) is 2.85. The highest BCUT2D eigenvalue weighted by molar-refractivity contribution is 6.62. The first-order chi connectivity index (χ1) is 13.9. The van der Waals surface area contributed by atoms with Gasteiger partial charge in [-0.05, 0) is 76.9 Å². The van der Waals surface area contributed by atoms with Crippen LogP contribution in [-0.2, 0) is 25.9 Å². The minimum Gasteiger partial charge on any atom is -0.534 e. The monoisotopic (exact) mass is 410 g/mol. The van der Waals surface area contributed by atoms with Gasteiger partial charge in [0.25, 0.3) is 0 Å². The van der Waals surface area contributed by atoms with Crippen LogP contribution in [0.3, 0.4) is 0 Å². The minimum atomic E-state index is -0.551. The summed E-state index contributed by atoms with van der Waals surface area (Å²) in [6.45, 7) is 13.8. The predicted molar refractivity (Wildman–Crippen MR) is 116 cm³/mol. The Morgan fingerprint density at radius 2 is 2.03 bits per heavy atom. The molecule has 0 spiro atoms. The van der Waals surface area contributed by atoms with Crippen LogP contribution >= 0.6 is 0 Å². The third-order valence-corrected chi connectivity index (χ3v) is 5.44. The Hall–Kier alpha value is -2.46. The summed E-state index contributed by atoms with van der Waals surface area (Å²) in [5.74, 6) is 0.599. The fourth-order valence-electron chi connectivity index (χ4n) is 3.43. The topological polar surface area (TPSA) is 80.6 Å². The molecule has 3 rings (SSSR count). The van der Waals surface area contributed by atoms with Gasteiger partial charge in [0.15, 0.2) is 0 Å². The maximum Gasteiger partial charge on any atom is 0.563 e. The van der Waals surface area contributed by atoms with Crippen LogP contribution < -0.4 is 10.8 Å². The van der Waals surface area contributed by atoms with Crippen molar-refractivity contribution >= 4 is 18.7 Å². The molecule has 1 N–H and O–H groups in total. The van der Waals surface area contributed by atoms with E-state index in [0.717, 1.165) is 42.3 Å². The van der Waals surface area contributed by atoms with E-state index in [1.54, 1.807) is 0 Å². The SMILES string of the molecule is C=C1OB(c2cc(CCCNC(=O)OC(C)(C)C)cc(C3(C#N)CC3)c2)OC1(C)C. The summed E-state index contributed by atoms with van der Waals surface area (Å²) in [6, 6.07) is 8.65. The van der Waals surface area contributed by atoms with Crippen LogP contribution in [0.25, 0.3) is 0 Å². The van der Waals surface area contributed by atoms with Gasteiger partial charge in [-0.15, -0.1) is 0 Å². The molecule has 0 atom stereocenters. The molecule has 1 aromatic rings. The summed E-state index contributed by atoms with van der Waals surface area (Å²) >= 11 is 0. The normalized spacial score (nSPS) is 19.1. The lowest BCUT2D eigenvalue weighted by Gasteiger charge is -2.19. The molecule has 0 aromatic heterocycles. The lowest BCUT2D eigenvalue weighted by molar-refractivity contribution is 0.0527. The number of nitrogens with one attached hydrogen (secondary N) is 1. The summed E-state index contributed by atoms with van der Waals surface area (Å²) in [4.78, 5) is 11.8. The minimum absolute atomic E-state index is 0.398. The van der Waals surface area contributed by atoms with E-state index in [9.17, 15) is 10.1 Å². The number of nitriles is 1. The van der Waals surface area contributed by atoms with Crippen LogP contribution in [0.4, 0.5) is 4.79 Å². The highest BCUT2D eigenvalue weighted by Crippen LogP contribution is 2.47. The molecule has 1 aliphatic carbocycles. The number of rotatable bonds is 6. The Morgan fingerprint density at radius 1 is 1.33 bits per heavy atom. The standard InChI is InChI=1S/C23H31BN2O4/c1-16-22(5,6)30-24(29-16)19-13-17(12-18(14-19)23(15-25)9-10-23)8-7-11-26-20(27)28-21(2,3)4/h12-14H,1,7-11H2,2-6H3,(H,26,27). The lowest BCUT2D eigenvalue weighted by atomic mass is 9.75. The summed E-state index contributed by atoms with van der Waals surface area (Å²) in [7, 11) is -0.527. The van der Waals surface area contributed by atoms with Crippen molar-refractivity contribution in [2.24, 2.45) is 0 Å². The molecular weight excluding hydrogens is 379 g/mol. The van der Waals surface area contributed by atoms with Crippen molar-refractivity contribution in [1.29, 1.82) is 5.26 Å². The molecule has 7 heteroatoms. The summed E-state index contributed by atoms with van der Waals surface area (Å²) < 4.78 is 17.2. The zero-order valence-electron chi connectivity index (χ0n) is 18.6. The van der Waals surface area contributed by atoms with E-state index >= 15 is 0 Å². The number of benzene rings is 1. The van der Waals surface area contributed by atoms with Gasteiger partial charge in [0.2, 0.25) is 0 Å². The Balaban J connectivity index is 1.70. The number of ether oxygens (including phenoxy) is 1. The first-order valence-corrected chi connectivity index (χ1v) is 10.5. The predicted octanol–water partition coefficient (Wildman–Crippen LogP) is 3.73. The van der Waals surface area contributed by atoms with Gasteiger partial charge in [-0.25, -0.2) is 4.79 Å². The van der Waals surface area contributed by atoms with E-state index in [-0.39, 0.29) is 0 Å². The number of aryl methyl sites for hydroxylation is 1. The van der Waals surface area contributed by atoms with Gasteiger partial charge >= 0.3 is 13.2 Å². The average molecular weight is 410 g/mol. The van der Waals surface area contributed by atoms with E-state index in [4.69, 9.17) is 14.0 Å². The fraction of sp³-hybridized carbons (Fsp3) is 0.565. The Labute approximate surface area is 179 Å². The smallest absolute Gasteiger partial charge is 0.534 e. The molecule has 6 nitrogen and oxygen atoms in total. The maximum absolute atomic E-state index is 11.8. The van der Waals surface area contributed by atoms with Crippen molar-refractivity contribution in [1.82, 2.24) is 5.32 Å². The van der Waals surface area contributed by atoms with Crippen LogP contribution in [0.1, 0.15) is 65.0 Å². The van der Waals surface area contributed by atoms with Crippen LogP contribution in [0.15, 0.2) is 30.5 Å². The average Bonchev–Trinajstić information content (AvgIpc) is 3.39. The van der Waals surface area contributed by atoms with Crippen LogP contribution in [-0.4, -0.2) is 31.0 Å². The molecule has 2 aliphatic rings. The number of hydrogen-bond acceptors (Lipinski definition) is 5. The first kappa shape index (κ1) is 22.2. The largest absolute Gasteiger partial charge is 0.563 e. The third kappa shape index (κ3) is 5.17. The second-order valence-electron chi connectivity index (χ2n) is 9.69. The Bertz CT molecular complexity index is 878. The van der Waals surface area contributed by atoms with Gasteiger partial charge in [-0.1, -0.05) is 24.8 Å². The quantitative estimate of drug-likeness (QED) is 0.571. The van der Waals surface area contributed by atoms with Crippen molar-refractivity contribution < 1.29 is 18.8 Å². The van der Waals surface area contributed by atoms with E-state index in [2.05, 4.69) is 30.1 Å². The van der Waals surface area contributed by atoms with E-state index in [0.29, 0.717) is 12.3 Å². The van der Waals surface area contributed by atoms with Gasteiger partial charge in [0.1, 0.15) is 11.2 Å². The van der Waals surface area contributed by atoms with Crippen LogP contribution in [0, 0.1) is 11.3 Å². The van der Waals surface area contributed by atoms with Crippen molar-refractivity contribution in [3.05, 3.63) is 41.7 Å². The molecule has 2 fully saturated rings. The molecule has 0 bridgehead atoms. The molecule has 0 radical (unpaired) electrons. The van der Waals surface area contributed by atoms with E-state index in [1.165, 1.54) is 0 Å². The van der Waals surface area contributed by atoms with Gasteiger partial charge in [0, 0.05) is 6.54 Å². The van der Waals surface area contributed by atoms with Crippen molar-refractivity contribution in [2.45, 2.75) is 76.9 Å². The molecule has 1 saturated heterocycles. The summed E-state index contributed by atoms with van der Waals surface area (Å²) in [5.41, 5.74) is 1.55. The lowest BCUT2D eigenvalue weighted by Crippen LogP contribution is -2.35. The highest BCUT2D eigenvalue weighted by atomic mass is 16.7. The first-order valence-electron chi connectivity index (χ1n) is 10.5. The molecule has 30 heavy (non-hydrogen) atoms. The second-order valence-corrected chi connectivity index (χ2v) is 9.69. The number of alkyl carbamates (subject to hydrolysis) is 1. The van der Waals surface area contributed by atoms with Gasteiger partial charge in [-0.3, -0.25) is 0 Å². The number of carbonyl (C=O) groups excluding carboxylic acids is 1. The Morgan fingerprint density at radius 3 is 2.57 bits per heavy atom. The molecule has 1 aromatic carbocycles. The molecule has 1 amide bonds. The van der Waals surface area contributed by atoms with E-state index < -0.39 is 29.8 Å².